The Labute approximate surface area is 115 Å². The number of ether oxygens (including phenoxy) is 1. The maximum Gasteiger partial charge on any atom is 0.498 e. The van der Waals surface area contributed by atoms with Gasteiger partial charge in [-0.15, -0.1) is 0 Å². The van der Waals surface area contributed by atoms with Crippen molar-refractivity contribution in [3.63, 3.8) is 0 Å². The van der Waals surface area contributed by atoms with Crippen LogP contribution < -0.4 is 5.46 Å². The third-order valence-electron chi connectivity index (χ3n) is 3.93. The Balaban J connectivity index is 2.13. The van der Waals surface area contributed by atoms with Crippen molar-refractivity contribution < 1.29 is 14.0 Å². The zero-order chi connectivity index (χ0) is 14.3. The second kappa shape index (κ2) is 4.92. The number of hydrogen-bond acceptors (Lipinski definition) is 4. The van der Waals surface area contributed by atoms with Crippen molar-refractivity contribution in [3.8, 4) is 0 Å². The van der Waals surface area contributed by atoms with E-state index in [0.717, 1.165) is 5.46 Å². The molecule has 1 saturated heterocycles. The summed E-state index contributed by atoms with van der Waals surface area (Å²) in [5.74, 6) is 0. The van der Waals surface area contributed by atoms with Gasteiger partial charge in [0.1, 0.15) is 6.23 Å². The molecule has 0 aliphatic carbocycles. The fourth-order valence-electron chi connectivity index (χ4n) is 1.97. The Morgan fingerprint density at radius 1 is 1.32 bits per heavy atom. The molecular formula is C13H23BN2O3. The maximum atomic E-state index is 5.99. The quantitative estimate of drug-likeness (QED) is 0.779. The van der Waals surface area contributed by atoms with Crippen LogP contribution in [0.15, 0.2) is 12.4 Å². The van der Waals surface area contributed by atoms with Gasteiger partial charge in [0.15, 0.2) is 0 Å². The van der Waals surface area contributed by atoms with Crippen molar-refractivity contribution >= 4 is 12.6 Å². The molecule has 0 amide bonds. The summed E-state index contributed by atoms with van der Waals surface area (Å²) < 4.78 is 19.3. The molecule has 1 aromatic heterocycles. The largest absolute Gasteiger partial charge is 0.498 e. The molecule has 5 nitrogen and oxygen atoms in total. The van der Waals surface area contributed by atoms with E-state index in [1.165, 1.54) is 0 Å². The third-order valence-corrected chi connectivity index (χ3v) is 3.93. The summed E-state index contributed by atoms with van der Waals surface area (Å²) in [6, 6.07) is 0. The van der Waals surface area contributed by atoms with Crippen molar-refractivity contribution in [2.24, 2.45) is 0 Å². The molecule has 106 valence electrons. The van der Waals surface area contributed by atoms with Gasteiger partial charge in [-0.05, 0) is 41.5 Å². The number of aromatic nitrogens is 2. The molecule has 0 N–H and O–H groups in total. The summed E-state index contributed by atoms with van der Waals surface area (Å²) in [4.78, 5) is 0. The Bertz CT molecular complexity index is 429. The minimum atomic E-state index is -0.368. The van der Waals surface area contributed by atoms with Gasteiger partial charge in [0, 0.05) is 24.5 Å². The van der Waals surface area contributed by atoms with Crippen molar-refractivity contribution in [1.29, 1.82) is 0 Å². The molecule has 1 aliphatic rings. The van der Waals surface area contributed by atoms with E-state index < -0.39 is 0 Å². The Morgan fingerprint density at radius 2 is 1.89 bits per heavy atom. The molecular weight excluding hydrogens is 243 g/mol. The minimum absolute atomic E-state index is 0.0822. The first-order chi connectivity index (χ1) is 8.77. The molecule has 2 heterocycles. The van der Waals surface area contributed by atoms with Gasteiger partial charge in [-0.25, -0.2) is 4.68 Å². The van der Waals surface area contributed by atoms with Gasteiger partial charge in [-0.2, -0.15) is 5.10 Å². The first-order valence-electron chi connectivity index (χ1n) is 6.78. The standard InChI is InChI=1S/C13H23BN2O3/c1-7-17-10(2)16-9-11(8-15-16)14-18-12(3,4)13(5,6)19-14/h8-10H,7H2,1-6H3/t10-/m1/s1. The molecule has 2 rings (SSSR count). The predicted molar refractivity (Wildman–Crippen MR) is 74.3 cm³/mol. The van der Waals surface area contributed by atoms with Gasteiger partial charge < -0.3 is 14.0 Å². The summed E-state index contributed by atoms with van der Waals surface area (Å²) in [5.41, 5.74) is 0.265. The van der Waals surface area contributed by atoms with Gasteiger partial charge in [0.2, 0.25) is 0 Å². The van der Waals surface area contributed by atoms with Gasteiger partial charge in [0.25, 0.3) is 0 Å². The van der Waals surface area contributed by atoms with Crippen LogP contribution in [0.4, 0.5) is 0 Å². The minimum Gasteiger partial charge on any atom is -0.399 e. The smallest absolute Gasteiger partial charge is 0.399 e. The van der Waals surface area contributed by atoms with Crippen LogP contribution in [0.1, 0.15) is 47.8 Å². The second-order valence-corrected chi connectivity index (χ2v) is 5.90. The van der Waals surface area contributed by atoms with E-state index >= 15 is 0 Å². The van der Waals surface area contributed by atoms with E-state index in [1.807, 2.05) is 47.7 Å². The van der Waals surface area contributed by atoms with E-state index in [1.54, 1.807) is 10.9 Å². The highest BCUT2D eigenvalue weighted by Gasteiger charge is 2.52. The molecule has 1 fully saturated rings. The van der Waals surface area contributed by atoms with Gasteiger partial charge in [-0.3, -0.25) is 0 Å². The summed E-state index contributed by atoms with van der Waals surface area (Å²) in [6.45, 7) is 12.8. The van der Waals surface area contributed by atoms with Crippen LogP contribution in [0.3, 0.4) is 0 Å². The Morgan fingerprint density at radius 3 is 2.42 bits per heavy atom. The fraction of sp³-hybridized carbons (Fsp3) is 0.769. The van der Waals surface area contributed by atoms with Gasteiger partial charge in [0.05, 0.1) is 11.2 Å². The van der Waals surface area contributed by atoms with E-state index in [-0.39, 0.29) is 24.5 Å². The molecule has 0 bridgehead atoms. The highest BCUT2D eigenvalue weighted by molar-refractivity contribution is 6.61. The fourth-order valence-corrected chi connectivity index (χ4v) is 1.97. The number of nitrogens with zero attached hydrogens (tertiary/aromatic N) is 2. The van der Waals surface area contributed by atoms with Crippen LogP contribution in [0, 0.1) is 0 Å². The van der Waals surface area contributed by atoms with Crippen molar-refractivity contribution in [2.45, 2.75) is 59.0 Å². The average Bonchev–Trinajstić information content (AvgIpc) is 2.83. The SMILES string of the molecule is CCO[C@H](C)n1cc(B2OC(C)(C)C(C)(C)O2)cn1. The number of hydrogen-bond donors (Lipinski definition) is 0. The van der Waals surface area contributed by atoms with E-state index in [4.69, 9.17) is 14.0 Å². The topological polar surface area (TPSA) is 45.5 Å². The molecule has 0 unspecified atom stereocenters. The molecule has 0 aromatic carbocycles. The molecule has 0 spiro atoms. The van der Waals surface area contributed by atoms with Crippen molar-refractivity contribution in [3.05, 3.63) is 12.4 Å². The predicted octanol–water partition coefficient (Wildman–Crippen LogP) is 1.74. The van der Waals surface area contributed by atoms with E-state index in [9.17, 15) is 0 Å². The summed E-state index contributed by atoms with van der Waals surface area (Å²) in [5, 5.41) is 4.31. The third kappa shape index (κ3) is 2.71. The lowest BCUT2D eigenvalue weighted by atomic mass is 9.82. The lowest BCUT2D eigenvalue weighted by Crippen LogP contribution is -2.41. The molecule has 0 radical (unpaired) electrons. The van der Waals surface area contributed by atoms with Crippen LogP contribution in [-0.2, 0) is 14.0 Å². The Kier molecular flexibility index (Phi) is 3.77. The lowest BCUT2D eigenvalue weighted by molar-refractivity contribution is 0.00578. The molecule has 1 atom stereocenters. The van der Waals surface area contributed by atoms with Crippen LogP contribution >= 0.6 is 0 Å². The molecule has 1 aliphatic heterocycles. The monoisotopic (exact) mass is 266 g/mol. The zero-order valence-electron chi connectivity index (χ0n) is 12.6. The Hall–Kier alpha value is -0.845. The van der Waals surface area contributed by atoms with Crippen LogP contribution in [0.5, 0.6) is 0 Å². The highest BCUT2D eigenvalue weighted by atomic mass is 16.7. The molecule has 6 heteroatoms. The second-order valence-electron chi connectivity index (χ2n) is 5.90. The first kappa shape index (κ1) is 14.6. The maximum absolute atomic E-state index is 5.99. The normalized spacial score (nSPS) is 22.7. The zero-order valence-corrected chi connectivity index (χ0v) is 12.6. The highest BCUT2D eigenvalue weighted by Crippen LogP contribution is 2.36. The van der Waals surface area contributed by atoms with E-state index in [2.05, 4.69) is 5.10 Å². The van der Waals surface area contributed by atoms with Crippen molar-refractivity contribution in [1.82, 2.24) is 9.78 Å². The lowest BCUT2D eigenvalue weighted by Gasteiger charge is -2.32. The molecule has 19 heavy (non-hydrogen) atoms. The summed E-state index contributed by atoms with van der Waals surface area (Å²) >= 11 is 0. The number of rotatable bonds is 4. The van der Waals surface area contributed by atoms with Gasteiger partial charge in [-0.1, -0.05) is 0 Å². The van der Waals surface area contributed by atoms with Crippen LogP contribution in [-0.4, -0.2) is 34.7 Å². The van der Waals surface area contributed by atoms with Gasteiger partial charge >= 0.3 is 7.12 Å². The first-order valence-corrected chi connectivity index (χ1v) is 6.78. The van der Waals surface area contributed by atoms with E-state index in [0.29, 0.717) is 6.61 Å². The molecule has 0 saturated carbocycles. The summed E-state index contributed by atoms with van der Waals surface area (Å²) in [7, 11) is -0.368. The van der Waals surface area contributed by atoms with Crippen LogP contribution in [0.25, 0.3) is 0 Å². The molecule has 1 aromatic rings. The van der Waals surface area contributed by atoms with Crippen LogP contribution in [0.2, 0.25) is 0 Å². The van der Waals surface area contributed by atoms with Crippen molar-refractivity contribution in [2.75, 3.05) is 6.61 Å². The average molecular weight is 266 g/mol. The summed E-state index contributed by atoms with van der Waals surface area (Å²) in [6.07, 6.45) is 3.61.